The number of rotatable bonds is 5. The Hall–Kier alpha value is -1.84. The molecule has 0 aromatic heterocycles. The lowest BCUT2D eigenvalue weighted by atomic mass is 10.1. The molecule has 0 heterocycles. The molecule has 1 rings (SSSR count). The van der Waals surface area contributed by atoms with E-state index in [-0.39, 0.29) is 11.9 Å². The van der Waals surface area contributed by atoms with E-state index in [1.807, 2.05) is 25.7 Å². The maximum Gasteiger partial charge on any atom is 0.328 e. The van der Waals surface area contributed by atoms with Crippen molar-refractivity contribution in [3.8, 4) is 0 Å². The number of benzene rings is 1. The number of carbonyl (C=O) groups is 1. The number of hydrogen-bond donors (Lipinski definition) is 1. The summed E-state index contributed by atoms with van der Waals surface area (Å²) in [5.41, 5.74) is 1.31. The van der Waals surface area contributed by atoms with E-state index in [9.17, 15) is 9.18 Å². The maximum absolute atomic E-state index is 13.5. The van der Waals surface area contributed by atoms with Gasteiger partial charge in [0.15, 0.2) is 0 Å². The lowest BCUT2D eigenvalue weighted by Crippen LogP contribution is -2.30. The summed E-state index contributed by atoms with van der Waals surface area (Å²) >= 11 is 0. The third-order valence-corrected chi connectivity index (χ3v) is 2.62. The minimum Gasteiger partial charge on any atom is -0.478 e. The number of aliphatic carboxylic acids is 1. The van der Waals surface area contributed by atoms with E-state index in [1.54, 1.807) is 6.07 Å². The molecule has 3 nitrogen and oxygen atoms in total. The van der Waals surface area contributed by atoms with Crippen LogP contribution in [0.4, 0.5) is 10.1 Å². The van der Waals surface area contributed by atoms with Gasteiger partial charge < -0.3 is 10.0 Å². The first-order valence-electron chi connectivity index (χ1n) is 5.92. The molecule has 0 aliphatic heterocycles. The van der Waals surface area contributed by atoms with Gasteiger partial charge in [-0.3, -0.25) is 0 Å². The Bertz CT molecular complexity index is 455. The first-order chi connectivity index (χ1) is 8.43. The molecule has 0 atom stereocenters. The van der Waals surface area contributed by atoms with Crippen LogP contribution in [0.25, 0.3) is 6.08 Å². The number of hydrogen-bond acceptors (Lipinski definition) is 2. The van der Waals surface area contributed by atoms with Crippen LogP contribution in [0, 0.1) is 5.82 Å². The largest absolute Gasteiger partial charge is 0.478 e. The van der Waals surface area contributed by atoms with Gasteiger partial charge in [-0.25, -0.2) is 9.18 Å². The molecule has 1 aromatic rings. The molecule has 0 unspecified atom stereocenters. The van der Waals surface area contributed by atoms with Crippen molar-refractivity contribution in [1.29, 1.82) is 0 Å². The van der Waals surface area contributed by atoms with Crippen LogP contribution in [-0.4, -0.2) is 23.7 Å². The maximum atomic E-state index is 13.5. The molecule has 0 aliphatic carbocycles. The second-order valence-corrected chi connectivity index (χ2v) is 4.29. The minimum absolute atomic E-state index is 0.258. The number of carboxylic acid groups (broad SMARTS) is 1. The number of nitrogens with zero attached hydrogens (tertiary/aromatic N) is 1. The molecular weight excluding hydrogens is 233 g/mol. The van der Waals surface area contributed by atoms with Crippen molar-refractivity contribution in [3.63, 3.8) is 0 Å². The average molecular weight is 251 g/mol. The molecule has 4 heteroatoms. The van der Waals surface area contributed by atoms with Gasteiger partial charge in [-0.2, -0.15) is 0 Å². The third-order valence-electron chi connectivity index (χ3n) is 2.62. The normalized spacial score (nSPS) is 11.2. The first-order valence-corrected chi connectivity index (χ1v) is 5.92. The number of anilines is 1. The topological polar surface area (TPSA) is 40.5 Å². The lowest BCUT2D eigenvalue weighted by molar-refractivity contribution is -0.131. The Kier molecular flexibility index (Phi) is 4.89. The first kappa shape index (κ1) is 14.2. The second kappa shape index (κ2) is 6.19. The van der Waals surface area contributed by atoms with Gasteiger partial charge in [0.05, 0.1) is 0 Å². The summed E-state index contributed by atoms with van der Waals surface area (Å²) in [7, 11) is 0. The quantitative estimate of drug-likeness (QED) is 0.817. The van der Waals surface area contributed by atoms with E-state index in [0.29, 0.717) is 5.56 Å². The van der Waals surface area contributed by atoms with Crippen LogP contribution in [-0.2, 0) is 4.79 Å². The van der Waals surface area contributed by atoms with Crippen molar-refractivity contribution in [2.24, 2.45) is 0 Å². The smallest absolute Gasteiger partial charge is 0.328 e. The van der Waals surface area contributed by atoms with E-state index in [2.05, 4.69) is 0 Å². The zero-order valence-corrected chi connectivity index (χ0v) is 10.9. The fourth-order valence-electron chi connectivity index (χ4n) is 1.87. The second-order valence-electron chi connectivity index (χ2n) is 4.29. The van der Waals surface area contributed by atoms with Crippen LogP contribution in [0.5, 0.6) is 0 Å². The Morgan fingerprint density at radius 2 is 2.11 bits per heavy atom. The van der Waals surface area contributed by atoms with Gasteiger partial charge in [-0.1, -0.05) is 0 Å². The molecule has 1 N–H and O–H groups in total. The predicted octanol–water partition coefficient (Wildman–Crippen LogP) is 3.16. The highest BCUT2D eigenvalue weighted by Crippen LogP contribution is 2.21. The van der Waals surface area contributed by atoms with E-state index in [4.69, 9.17) is 5.11 Å². The van der Waals surface area contributed by atoms with Gasteiger partial charge in [-0.05, 0) is 50.6 Å². The zero-order valence-electron chi connectivity index (χ0n) is 10.9. The Morgan fingerprint density at radius 3 is 2.61 bits per heavy atom. The highest BCUT2D eigenvalue weighted by Gasteiger charge is 2.10. The molecule has 98 valence electrons. The fourth-order valence-corrected chi connectivity index (χ4v) is 1.87. The summed E-state index contributed by atoms with van der Waals surface area (Å²) in [4.78, 5) is 12.5. The van der Waals surface area contributed by atoms with Gasteiger partial charge in [0.2, 0.25) is 0 Å². The van der Waals surface area contributed by atoms with Crippen LogP contribution in [0.15, 0.2) is 24.3 Å². The molecular formula is C14H18FNO2. The van der Waals surface area contributed by atoms with Crippen LogP contribution in [0.1, 0.15) is 26.3 Å². The summed E-state index contributed by atoms with van der Waals surface area (Å²) < 4.78 is 13.5. The molecule has 0 amide bonds. The summed E-state index contributed by atoms with van der Waals surface area (Å²) in [6.07, 6.45) is 2.40. The van der Waals surface area contributed by atoms with Gasteiger partial charge >= 0.3 is 5.97 Å². The van der Waals surface area contributed by atoms with Crippen molar-refractivity contribution in [2.75, 3.05) is 11.4 Å². The van der Waals surface area contributed by atoms with Crippen molar-refractivity contribution >= 4 is 17.7 Å². The highest BCUT2D eigenvalue weighted by atomic mass is 19.1. The van der Waals surface area contributed by atoms with Crippen molar-refractivity contribution in [1.82, 2.24) is 0 Å². The van der Waals surface area contributed by atoms with E-state index >= 15 is 0 Å². The molecule has 0 fully saturated rings. The summed E-state index contributed by atoms with van der Waals surface area (Å²) in [6, 6.07) is 4.82. The number of halogens is 1. The predicted molar refractivity (Wildman–Crippen MR) is 71.2 cm³/mol. The molecule has 0 saturated heterocycles. The molecule has 1 aromatic carbocycles. The van der Waals surface area contributed by atoms with Crippen LogP contribution in [0.2, 0.25) is 0 Å². The average Bonchev–Trinajstić information content (AvgIpc) is 2.26. The lowest BCUT2D eigenvalue weighted by Gasteiger charge is -2.27. The molecule has 0 saturated carbocycles. The van der Waals surface area contributed by atoms with Crippen LogP contribution in [0.3, 0.4) is 0 Å². The number of carboxylic acids is 1. The molecule has 0 spiro atoms. The molecule has 18 heavy (non-hydrogen) atoms. The van der Waals surface area contributed by atoms with Crippen molar-refractivity contribution < 1.29 is 14.3 Å². The summed E-state index contributed by atoms with van der Waals surface area (Å²) in [6.45, 7) is 6.82. The third kappa shape index (κ3) is 3.87. The summed E-state index contributed by atoms with van der Waals surface area (Å²) in [5.74, 6) is -1.41. The van der Waals surface area contributed by atoms with Gasteiger partial charge in [0.25, 0.3) is 0 Å². The molecule has 0 bridgehead atoms. The monoisotopic (exact) mass is 251 g/mol. The minimum atomic E-state index is -1.04. The van der Waals surface area contributed by atoms with E-state index in [1.165, 1.54) is 18.2 Å². The molecule has 0 aliphatic rings. The van der Waals surface area contributed by atoms with Crippen molar-refractivity contribution in [2.45, 2.75) is 26.8 Å². The van der Waals surface area contributed by atoms with Gasteiger partial charge in [-0.15, -0.1) is 0 Å². The summed E-state index contributed by atoms with van der Waals surface area (Å²) in [5, 5.41) is 8.57. The SMILES string of the molecule is CCN(c1cc(F)cc(/C=C/C(=O)O)c1)C(C)C. The Labute approximate surface area is 107 Å². The highest BCUT2D eigenvalue weighted by molar-refractivity contribution is 5.85. The zero-order chi connectivity index (χ0) is 13.7. The van der Waals surface area contributed by atoms with Gasteiger partial charge in [0, 0.05) is 24.4 Å². The standard InChI is InChI=1S/C14H18FNO2/c1-4-16(10(2)3)13-8-11(5-6-14(17)18)7-12(15)9-13/h5-10H,4H2,1-3H3,(H,17,18)/b6-5+. The van der Waals surface area contributed by atoms with Gasteiger partial charge in [0.1, 0.15) is 5.82 Å². The van der Waals surface area contributed by atoms with Crippen molar-refractivity contribution in [3.05, 3.63) is 35.7 Å². The fraction of sp³-hybridized carbons (Fsp3) is 0.357. The Morgan fingerprint density at radius 1 is 1.44 bits per heavy atom. The van der Waals surface area contributed by atoms with Crippen LogP contribution < -0.4 is 4.90 Å². The molecule has 0 radical (unpaired) electrons. The van der Waals surface area contributed by atoms with E-state index < -0.39 is 5.97 Å². The van der Waals surface area contributed by atoms with Crippen LogP contribution >= 0.6 is 0 Å². The van der Waals surface area contributed by atoms with E-state index in [0.717, 1.165) is 18.3 Å². The Balaban J connectivity index is 3.10.